The number of nitrogens with zero attached hydrogens (tertiary/aromatic N) is 1. The van der Waals surface area contributed by atoms with Crippen LogP contribution in [0.25, 0.3) is 10.9 Å². The van der Waals surface area contributed by atoms with Gasteiger partial charge in [0.1, 0.15) is 0 Å². The highest BCUT2D eigenvalue weighted by Gasteiger charge is 2.07. The second-order valence-corrected chi connectivity index (χ2v) is 5.38. The van der Waals surface area contributed by atoms with Crippen LogP contribution in [0, 0.1) is 0 Å². The van der Waals surface area contributed by atoms with Crippen LogP contribution >= 0.6 is 0 Å². The van der Waals surface area contributed by atoms with Crippen molar-refractivity contribution in [3.63, 3.8) is 0 Å². The molecule has 1 heterocycles. The van der Waals surface area contributed by atoms with E-state index in [0.29, 0.717) is 13.0 Å². The van der Waals surface area contributed by atoms with Crippen LogP contribution in [0.2, 0.25) is 0 Å². The Morgan fingerprint density at radius 2 is 1.82 bits per heavy atom. The van der Waals surface area contributed by atoms with Crippen LogP contribution in [0.5, 0.6) is 0 Å². The Bertz CT molecular complexity index is 789. The summed E-state index contributed by atoms with van der Waals surface area (Å²) in [5, 5.41) is 4.23. The number of aromatic nitrogens is 1. The fourth-order valence-corrected chi connectivity index (χ4v) is 2.72. The molecule has 0 aliphatic rings. The summed E-state index contributed by atoms with van der Waals surface area (Å²) in [7, 11) is 0. The van der Waals surface area contributed by atoms with Gasteiger partial charge in [-0.25, -0.2) is 0 Å². The smallest absolute Gasteiger partial charge is 0.226 e. The van der Waals surface area contributed by atoms with E-state index in [2.05, 4.69) is 41.1 Å². The van der Waals surface area contributed by atoms with Gasteiger partial charge >= 0.3 is 0 Å². The van der Waals surface area contributed by atoms with Crippen molar-refractivity contribution in [3.8, 4) is 0 Å². The second-order valence-electron chi connectivity index (χ2n) is 5.38. The second kappa shape index (κ2) is 6.48. The van der Waals surface area contributed by atoms with Crippen LogP contribution in [-0.4, -0.2) is 10.5 Å². The minimum atomic E-state index is 0.0543. The van der Waals surface area contributed by atoms with Gasteiger partial charge in [0.05, 0.1) is 0 Å². The summed E-state index contributed by atoms with van der Waals surface area (Å²) < 4.78 is 2.13. The number of para-hydroxylation sites is 2. The van der Waals surface area contributed by atoms with Crippen molar-refractivity contribution in [1.82, 2.24) is 4.57 Å². The fourth-order valence-electron chi connectivity index (χ4n) is 2.72. The minimum absolute atomic E-state index is 0.0543. The summed E-state index contributed by atoms with van der Waals surface area (Å²) >= 11 is 0. The molecule has 3 heteroatoms. The summed E-state index contributed by atoms with van der Waals surface area (Å²) in [6.07, 6.45) is 3.42. The van der Waals surface area contributed by atoms with E-state index in [9.17, 15) is 4.79 Å². The SMILES string of the molecule is CCc1ccccc1NC(=O)CCn1ccc2ccccc21. The first kappa shape index (κ1) is 14.4. The standard InChI is InChI=1S/C19H20N2O/c1-2-15-7-3-5-9-17(15)20-19(22)12-14-21-13-11-16-8-4-6-10-18(16)21/h3-11,13H,2,12,14H2,1H3,(H,20,22). The monoisotopic (exact) mass is 292 g/mol. The molecule has 1 amide bonds. The summed E-state index contributed by atoms with van der Waals surface area (Å²) in [6.45, 7) is 2.78. The van der Waals surface area contributed by atoms with E-state index in [4.69, 9.17) is 0 Å². The zero-order valence-electron chi connectivity index (χ0n) is 12.8. The Labute approximate surface area is 130 Å². The number of anilines is 1. The van der Waals surface area contributed by atoms with E-state index in [1.54, 1.807) is 0 Å². The Morgan fingerprint density at radius 1 is 1.05 bits per heavy atom. The predicted molar refractivity (Wildman–Crippen MR) is 91.0 cm³/mol. The third-order valence-corrected chi connectivity index (χ3v) is 3.93. The lowest BCUT2D eigenvalue weighted by Crippen LogP contribution is -2.15. The van der Waals surface area contributed by atoms with Crippen LogP contribution in [0.1, 0.15) is 18.9 Å². The highest BCUT2D eigenvalue weighted by atomic mass is 16.1. The van der Waals surface area contributed by atoms with E-state index in [1.165, 1.54) is 16.5 Å². The number of hydrogen-bond donors (Lipinski definition) is 1. The molecule has 0 aliphatic heterocycles. The van der Waals surface area contributed by atoms with E-state index in [1.807, 2.05) is 36.5 Å². The van der Waals surface area contributed by atoms with Gasteiger partial charge in [0, 0.05) is 30.4 Å². The predicted octanol–water partition coefficient (Wildman–Crippen LogP) is 4.23. The lowest BCUT2D eigenvalue weighted by Gasteiger charge is -2.10. The van der Waals surface area contributed by atoms with Crippen molar-refractivity contribution in [3.05, 3.63) is 66.4 Å². The number of amides is 1. The molecule has 0 aliphatic carbocycles. The number of fused-ring (bicyclic) bond motifs is 1. The lowest BCUT2D eigenvalue weighted by atomic mass is 10.1. The summed E-state index contributed by atoms with van der Waals surface area (Å²) in [5.41, 5.74) is 3.26. The van der Waals surface area contributed by atoms with Crippen molar-refractivity contribution in [2.75, 3.05) is 5.32 Å². The average molecular weight is 292 g/mol. The van der Waals surface area contributed by atoms with Gasteiger partial charge in [-0.3, -0.25) is 4.79 Å². The maximum atomic E-state index is 12.2. The molecule has 0 unspecified atom stereocenters. The van der Waals surface area contributed by atoms with Gasteiger partial charge in [-0.2, -0.15) is 0 Å². The number of rotatable bonds is 5. The molecule has 1 N–H and O–H groups in total. The van der Waals surface area contributed by atoms with Gasteiger partial charge in [-0.05, 0) is 35.6 Å². The van der Waals surface area contributed by atoms with E-state index >= 15 is 0 Å². The van der Waals surface area contributed by atoms with Gasteiger partial charge in [-0.15, -0.1) is 0 Å². The number of carbonyl (C=O) groups excluding carboxylic acids is 1. The summed E-state index contributed by atoms with van der Waals surface area (Å²) in [4.78, 5) is 12.2. The Morgan fingerprint density at radius 3 is 2.68 bits per heavy atom. The third-order valence-electron chi connectivity index (χ3n) is 3.93. The molecular formula is C19H20N2O. The molecule has 3 aromatic rings. The van der Waals surface area contributed by atoms with Gasteiger partial charge in [0.25, 0.3) is 0 Å². The number of aryl methyl sites for hydroxylation is 2. The van der Waals surface area contributed by atoms with Crippen molar-refractivity contribution in [2.24, 2.45) is 0 Å². The first-order chi connectivity index (χ1) is 10.8. The molecule has 0 atom stereocenters. The third kappa shape index (κ3) is 3.03. The van der Waals surface area contributed by atoms with Gasteiger partial charge in [-0.1, -0.05) is 43.3 Å². The van der Waals surface area contributed by atoms with Crippen molar-refractivity contribution >= 4 is 22.5 Å². The Balaban J connectivity index is 1.65. The van der Waals surface area contributed by atoms with Crippen LogP contribution in [0.3, 0.4) is 0 Å². The topological polar surface area (TPSA) is 34.0 Å². The fraction of sp³-hybridized carbons (Fsp3) is 0.211. The van der Waals surface area contributed by atoms with E-state index in [0.717, 1.165) is 12.1 Å². The van der Waals surface area contributed by atoms with Gasteiger partial charge in [0.15, 0.2) is 0 Å². The number of carbonyl (C=O) groups is 1. The molecule has 0 saturated carbocycles. The maximum absolute atomic E-state index is 12.2. The molecule has 0 radical (unpaired) electrons. The molecule has 3 nitrogen and oxygen atoms in total. The minimum Gasteiger partial charge on any atom is -0.347 e. The van der Waals surface area contributed by atoms with Crippen molar-refractivity contribution in [1.29, 1.82) is 0 Å². The van der Waals surface area contributed by atoms with Crippen LogP contribution < -0.4 is 5.32 Å². The number of benzene rings is 2. The zero-order valence-corrected chi connectivity index (χ0v) is 12.8. The molecule has 0 bridgehead atoms. The van der Waals surface area contributed by atoms with Crippen LogP contribution in [0.4, 0.5) is 5.69 Å². The highest BCUT2D eigenvalue weighted by molar-refractivity contribution is 5.91. The van der Waals surface area contributed by atoms with Crippen LogP contribution in [0.15, 0.2) is 60.8 Å². The molecule has 0 saturated heterocycles. The van der Waals surface area contributed by atoms with E-state index in [-0.39, 0.29) is 5.91 Å². The van der Waals surface area contributed by atoms with Crippen molar-refractivity contribution in [2.45, 2.75) is 26.3 Å². The first-order valence-electron chi connectivity index (χ1n) is 7.69. The van der Waals surface area contributed by atoms with Crippen LogP contribution in [-0.2, 0) is 17.8 Å². The number of nitrogens with one attached hydrogen (secondary N) is 1. The van der Waals surface area contributed by atoms with Crippen molar-refractivity contribution < 1.29 is 4.79 Å². The number of hydrogen-bond acceptors (Lipinski definition) is 1. The molecule has 22 heavy (non-hydrogen) atoms. The molecule has 0 spiro atoms. The average Bonchev–Trinajstić information content (AvgIpc) is 2.97. The van der Waals surface area contributed by atoms with Gasteiger partial charge < -0.3 is 9.88 Å². The molecule has 0 fully saturated rings. The maximum Gasteiger partial charge on any atom is 0.226 e. The van der Waals surface area contributed by atoms with Gasteiger partial charge in [0.2, 0.25) is 5.91 Å². The van der Waals surface area contributed by atoms with E-state index < -0.39 is 0 Å². The summed E-state index contributed by atoms with van der Waals surface area (Å²) in [6, 6.07) is 18.3. The molecule has 2 aromatic carbocycles. The zero-order chi connectivity index (χ0) is 15.4. The lowest BCUT2D eigenvalue weighted by molar-refractivity contribution is -0.116. The first-order valence-corrected chi connectivity index (χ1v) is 7.69. The Kier molecular flexibility index (Phi) is 4.24. The quantitative estimate of drug-likeness (QED) is 0.750. The normalized spacial score (nSPS) is 10.8. The highest BCUT2D eigenvalue weighted by Crippen LogP contribution is 2.17. The largest absolute Gasteiger partial charge is 0.347 e. The molecular weight excluding hydrogens is 272 g/mol. The summed E-state index contributed by atoms with van der Waals surface area (Å²) in [5.74, 6) is 0.0543. The molecule has 1 aromatic heterocycles. The Hall–Kier alpha value is -2.55. The molecule has 3 rings (SSSR count). The molecule has 112 valence electrons.